The first kappa shape index (κ1) is 12.6. The van der Waals surface area contributed by atoms with E-state index in [1.54, 1.807) is 0 Å². The van der Waals surface area contributed by atoms with Crippen molar-refractivity contribution >= 4 is 5.69 Å². The summed E-state index contributed by atoms with van der Waals surface area (Å²) in [4.78, 5) is 3.00. The largest absolute Gasteiger partial charge is 0.433 e. The van der Waals surface area contributed by atoms with E-state index in [1.165, 1.54) is 0 Å². The average Bonchev–Trinajstić information content (AvgIpc) is 2.13. The van der Waals surface area contributed by atoms with Gasteiger partial charge in [0, 0.05) is 0 Å². The van der Waals surface area contributed by atoms with Crippen molar-refractivity contribution < 1.29 is 26.3 Å². The maximum absolute atomic E-state index is 12.0. The second kappa shape index (κ2) is 4.18. The fourth-order valence-electron chi connectivity index (χ4n) is 0.868. The number of hydrogen-bond acceptors (Lipinski definition) is 2. The van der Waals surface area contributed by atoms with Gasteiger partial charge in [0.1, 0.15) is 12.2 Å². The zero-order valence-corrected chi connectivity index (χ0v) is 7.65. The first-order valence-electron chi connectivity index (χ1n) is 4.02. The van der Waals surface area contributed by atoms with Crippen molar-refractivity contribution in [3.63, 3.8) is 0 Å². The van der Waals surface area contributed by atoms with Crippen LogP contribution in [0.3, 0.4) is 0 Å². The van der Waals surface area contributed by atoms with E-state index in [1.807, 2.05) is 5.32 Å². The molecule has 0 saturated carbocycles. The van der Waals surface area contributed by atoms with E-state index in [9.17, 15) is 26.3 Å². The molecule has 0 aliphatic carbocycles. The standard InChI is InChI=1S/C8H6F6N2/c9-7(10,11)4-16-5-1-2-6(15-3-5)8(12,13)14/h1-3,16H,4H2. The molecule has 0 aliphatic heterocycles. The number of nitrogens with zero attached hydrogens (tertiary/aromatic N) is 1. The summed E-state index contributed by atoms with van der Waals surface area (Å²) in [5.74, 6) is 0. The zero-order chi connectivity index (χ0) is 12.4. The van der Waals surface area contributed by atoms with Crippen LogP contribution in [0.1, 0.15) is 5.69 Å². The monoisotopic (exact) mass is 244 g/mol. The molecule has 1 aromatic rings. The highest BCUT2D eigenvalue weighted by atomic mass is 19.4. The van der Waals surface area contributed by atoms with E-state index in [2.05, 4.69) is 4.98 Å². The third-order valence-electron chi connectivity index (χ3n) is 1.55. The van der Waals surface area contributed by atoms with Crippen molar-refractivity contribution in [2.45, 2.75) is 12.4 Å². The van der Waals surface area contributed by atoms with Crippen LogP contribution in [0.25, 0.3) is 0 Å². The second-order valence-corrected chi connectivity index (χ2v) is 2.90. The number of alkyl halides is 6. The minimum Gasteiger partial charge on any atom is -0.375 e. The Bertz CT molecular complexity index is 339. The van der Waals surface area contributed by atoms with E-state index >= 15 is 0 Å². The van der Waals surface area contributed by atoms with Gasteiger partial charge in [0.2, 0.25) is 0 Å². The number of pyridine rings is 1. The number of hydrogen-bond donors (Lipinski definition) is 1. The van der Waals surface area contributed by atoms with Gasteiger partial charge < -0.3 is 5.32 Å². The minimum atomic E-state index is -4.59. The topological polar surface area (TPSA) is 24.9 Å². The summed E-state index contributed by atoms with van der Waals surface area (Å²) in [6, 6.07) is 1.50. The van der Waals surface area contributed by atoms with Crippen molar-refractivity contribution in [2.24, 2.45) is 0 Å². The van der Waals surface area contributed by atoms with Gasteiger partial charge >= 0.3 is 12.4 Å². The van der Waals surface area contributed by atoms with Gasteiger partial charge in [0.05, 0.1) is 11.9 Å². The molecule has 1 heterocycles. The quantitative estimate of drug-likeness (QED) is 0.808. The Labute approximate surface area is 86.3 Å². The fraction of sp³-hybridized carbons (Fsp3) is 0.375. The van der Waals surface area contributed by atoms with Crippen LogP contribution in [0.5, 0.6) is 0 Å². The molecule has 90 valence electrons. The van der Waals surface area contributed by atoms with Crippen LogP contribution in [0, 0.1) is 0 Å². The van der Waals surface area contributed by atoms with Crippen LogP contribution in [-0.4, -0.2) is 17.7 Å². The Morgan fingerprint density at radius 1 is 1.06 bits per heavy atom. The summed E-state index contributed by atoms with van der Waals surface area (Å²) in [5.41, 5.74) is -1.27. The molecule has 0 saturated heterocycles. The molecule has 0 radical (unpaired) electrons. The third-order valence-corrected chi connectivity index (χ3v) is 1.55. The molecule has 0 spiro atoms. The molecule has 0 bridgehead atoms. The molecule has 1 N–H and O–H groups in total. The van der Waals surface area contributed by atoms with Crippen molar-refractivity contribution in [1.82, 2.24) is 4.98 Å². The third kappa shape index (κ3) is 3.95. The van der Waals surface area contributed by atoms with E-state index < -0.39 is 24.6 Å². The van der Waals surface area contributed by atoms with Crippen molar-refractivity contribution in [3.8, 4) is 0 Å². The number of halogens is 6. The molecule has 0 aliphatic rings. The van der Waals surface area contributed by atoms with Crippen LogP contribution in [0.2, 0.25) is 0 Å². The van der Waals surface area contributed by atoms with Gasteiger partial charge in [0.25, 0.3) is 0 Å². The van der Waals surface area contributed by atoms with Crippen LogP contribution >= 0.6 is 0 Å². The first-order chi connectivity index (χ1) is 7.18. The molecule has 16 heavy (non-hydrogen) atoms. The number of anilines is 1. The van der Waals surface area contributed by atoms with Gasteiger partial charge in [-0.15, -0.1) is 0 Å². The lowest BCUT2D eigenvalue weighted by atomic mass is 10.3. The van der Waals surface area contributed by atoms with Crippen LogP contribution < -0.4 is 5.32 Å². The summed E-state index contributed by atoms with van der Waals surface area (Å²) in [5, 5.41) is 1.91. The molecule has 0 fully saturated rings. The highest BCUT2D eigenvalue weighted by molar-refractivity contribution is 5.41. The maximum atomic E-state index is 12.0. The molecule has 0 amide bonds. The number of nitrogens with one attached hydrogen (secondary N) is 1. The average molecular weight is 244 g/mol. The predicted molar refractivity (Wildman–Crippen MR) is 43.8 cm³/mol. The zero-order valence-electron chi connectivity index (χ0n) is 7.65. The molecule has 0 unspecified atom stereocenters. The molecule has 0 atom stereocenters. The maximum Gasteiger partial charge on any atom is 0.433 e. The normalized spacial score (nSPS) is 12.6. The lowest BCUT2D eigenvalue weighted by Gasteiger charge is -2.10. The van der Waals surface area contributed by atoms with Gasteiger partial charge in [-0.2, -0.15) is 26.3 Å². The lowest BCUT2D eigenvalue weighted by Crippen LogP contribution is -2.21. The van der Waals surface area contributed by atoms with Gasteiger partial charge in [-0.25, -0.2) is 4.98 Å². The number of rotatable bonds is 2. The molecular formula is C8H6F6N2. The summed E-state index contributed by atoms with van der Waals surface area (Å²) in [7, 11) is 0. The van der Waals surface area contributed by atoms with Gasteiger partial charge in [0.15, 0.2) is 0 Å². The van der Waals surface area contributed by atoms with E-state index in [4.69, 9.17) is 0 Å². The van der Waals surface area contributed by atoms with E-state index in [0.29, 0.717) is 12.3 Å². The van der Waals surface area contributed by atoms with Crippen molar-refractivity contribution in [3.05, 3.63) is 24.0 Å². The van der Waals surface area contributed by atoms with Gasteiger partial charge in [-0.3, -0.25) is 0 Å². The lowest BCUT2D eigenvalue weighted by molar-refractivity contribution is -0.141. The van der Waals surface area contributed by atoms with Gasteiger partial charge in [-0.05, 0) is 12.1 Å². The molecule has 0 aromatic carbocycles. The summed E-state index contributed by atoms with van der Waals surface area (Å²) in [6.45, 7) is -1.32. The Balaban J connectivity index is 2.66. The molecule has 2 nitrogen and oxygen atoms in total. The highest BCUT2D eigenvalue weighted by Gasteiger charge is 2.32. The summed E-state index contributed by atoms with van der Waals surface area (Å²) < 4.78 is 71.3. The van der Waals surface area contributed by atoms with Gasteiger partial charge in [-0.1, -0.05) is 0 Å². The number of aromatic nitrogens is 1. The van der Waals surface area contributed by atoms with E-state index in [0.717, 1.165) is 6.07 Å². The SMILES string of the molecule is FC(F)(F)CNc1ccc(C(F)(F)F)nc1. The Kier molecular flexibility index (Phi) is 3.30. The molecule has 1 aromatic heterocycles. The minimum absolute atomic E-state index is 0.120. The van der Waals surface area contributed by atoms with Crippen LogP contribution in [-0.2, 0) is 6.18 Å². The Morgan fingerprint density at radius 3 is 2.06 bits per heavy atom. The molecule has 1 rings (SSSR count). The highest BCUT2D eigenvalue weighted by Crippen LogP contribution is 2.27. The Hall–Kier alpha value is -1.47. The molecule has 8 heteroatoms. The van der Waals surface area contributed by atoms with E-state index in [-0.39, 0.29) is 5.69 Å². The summed E-state index contributed by atoms with van der Waals surface area (Å²) >= 11 is 0. The van der Waals surface area contributed by atoms with Crippen LogP contribution in [0.4, 0.5) is 32.0 Å². The smallest absolute Gasteiger partial charge is 0.375 e. The Morgan fingerprint density at radius 2 is 1.69 bits per heavy atom. The predicted octanol–water partition coefficient (Wildman–Crippen LogP) is 3.07. The van der Waals surface area contributed by atoms with Crippen LogP contribution in [0.15, 0.2) is 18.3 Å². The second-order valence-electron chi connectivity index (χ2n) is 2.90. The molecular weight excluding hydrogens is 238 g/mol. The summed E-state index contributed by atoms with van der Waals surface area (Å²) in [6.07, 6.45) is -8.32. The van der Waals surface area contributed by atoms with Crippen molar-refractivity contribution in [2.75, 3.05) is 11.9 Å². The van der Waals surface area contributed by atoms with Crippen molar-refractivity contribution in [1.29, 1.82) is 0 Å². The fourth-order valence-corrected chi connectivity index (χ4v) is 0.868. The first-order valence-corrected chi connectivity index (χ1v) is 4.02.